The van der Waals surface area contributed by atoms with Gasteiger partial charge in [-0.3, -0.25) is 19.1 Å². The maximum Gasteiger partial charge on any atom is 0.302 e. The summed E-state index contributed by atoms with van der Waals surface area (Å²) in [4.78, 5) is 34.5. The number of ether oxygens (including phenoxy) is 1. The van der Waals surface area contributed by atoms with Crippen molar-refractivity contribution < 1.29 is 19.1 Å². The van der Waals surface area contributed by atoms with Gasteiger partial charge in [0.1, 0.15) is 6.61 Å². The van der Waals surface area contributed by atoms with Crippen LogP contribution in [0.25, 0.3) is 0 Å². The number of nitrogens with one attached hydrogen (secondary N) is 3. The molecule has 1 unspecified atom stereocenters. The first-order valence-electron chi connectivity index (χ1n) is 7.53. The molecule has 132 valence electrons. The van der Waals surface area contributed by atoms with Crippen molar-refractivity contribution in [1.29, 1.82) is 0 Å². The van der Waals surface area contributed by atoms with Crippen molar-refractivity contribution in [2.75, 3.05) is 11.9 Å². The van der Waals surface area contributed by atoms with Crippen molar-refractivity contribution in [3.63, 3.8) is 0 Å². The second-order valence-electron chi connectivity index (χ2n) is 5.59. The second-order valence-corrected chi connectivity index (χ2v) is 5.85. The lowest BCUT2D eigenvalue weighted by molar-refractivity contribution is -0.142. The van der Waals surface area contributed by atoms with Crippen molar-refractivity contribution in [2.45, 2.75) is 33.4 Å². The molecule has 0 aliphatic carbocycles. The number of esters is 1. The quantitative estimate of drug-likeness (QED) is 0.417. The number of amides is 2. The SMILES string of the molecule is CC(=O)OCc1ccc(NC(=O)CNC(=O)C(NS)C(C)C)cc1. The molecule has 0 bridgehead atoms. The third kappa shape index (κ3) is 7.01. The van der Waals surface area contributed by atoms with Crippen molar-refractivity contribution in [3.05, 3.63) is 29.8 Å². The minimum Gasteiger partial charge on any atom is -0.461 e. The highest BCUT2D eigenvalue weighted by atomic mass is 32.1. The number of rotatable bonds is 8. The minimum absolute atomic E-state index is 0.0512. The van der Waals surface area contributed by atoms with Gasteiger partial charge < -0.3 is 15.4 Å². The molecule has 2 amide bonds. The lowest BCUT2D eigenvalue weighted by atomic mass is 10.1. The average molecular weight is 353 g/mol. The largest absolute Gasteiger partial charge is 0.461 e. The maximum absolute atomic E-state index is 11.9. The Labute approximate surface area is 147 Å². The van der Waals surface area contributed by atoms with Gasteiger partial charge in [0, 0.05) is 12.6 Å². The van der Waals surface area contributed by atoms with Crippen LogP contribution in [0.15, 0.2) is 24.3 Å². The van der Waals surface area contributed by atoms with Gasteiger partial charge in [0.2, 0.25) is 11.8 Å². The molecule has 7 nitrogen and oxygen atoms in total. The van der Waals surface area contributed by atoms with E-state index in [4.69, 9.17) is 4.74 Å². The molecule has 0 aromatic heterocycles. The highest BCUT2D eigenvalue weighted by Gasteiger charge is 2.20. The van der Waals surface area contributed by atoms with E-state index in [-0.39, 0.29) is 36.9 Å². The first-order valence-corrected chi connectivity index (χ1v) is 7.97. The van der Waals surface area contributed by atoms with Crippen LogP contribution in [0.5, 0.6) is 0 Å². The summed E-state index contributed by atoms with van der Waals surface area (Å²) in [5.41, 5.74) is 1.41. The fourth-order valence-corrected chi connectivity index (χ4v) is 2.28. The number of hydrogen-bond acceptors (Lipinski definition) is 6. The van der Waals surface area contributed by atoms with Crippen LogP contribution in [0.1, 0.15) is 26.3 Å². The summed E-state index contributed by atoms with van der Waals surface area (Å²) in [5, 5.41) is 5.23. The highest BCUT2D eigenvalue weighted by Crippen LogP contribution is 2.10. The Bertz CT molecular complexity index is 575. The first-order chi connectivity index (χ1) is 11.3. The van der Waals surface area contributed by atoms with Gasteiger partial charge in [0.15, 0.2) is 0 Å². The molecular weight excluding hydrogens is 330 g/mol. The molecule has 8 heteroatoms. The van der Waals surface area contributed by atoms with E-state index in [0.717, 1.165) is 5.56 Å². The van der Waals surface area contributed by atoms with Gasteiger partial charge in [0.05, 0.1) is 12.6 Å². The summed E-state index contributed by atoms with van der Waals surface area (Å²) in [6.07, 6.45) is 0. The van der Waals surface area contributed by atoms with E-state index in [2.05, 4.69) is 28.2 Å². The lowest BCUT2D eigenvalue weighted by Gasteiger charge is -2.18. The molecule has 0 aliphatic heterocycles. The molecule has 0 saturated carbocycles. The molecule has 1 aromatic rings. The highest BCUT2D eigenvalue weighted by molar-refractivity contribution is 7.78. The van der Waals surface area contributed by atoms with E-state index < -0.39 is 6.04 Å². The van der Waals surface area contributed by atoms with Gasteiger partial charge in [-0.15, -0.1) is 0 Å². The molecule has 0 heterocycles. The van der Waals surface area contributed by atoms with E-state index in [0.29, 0.717) is 5.69 Å². The smallest absolute Gasteiger partial charge is 0.302 e. The van der Waals surface area contributed by atoms with Gasteiger partial charge in [0.25, 0.3) is 0 Å². The minimum atomic E-state index is -0.471. The van der Waals surface area contributed by atoms with Crippen LogP contribution in [0.3, 0.4) is 0 Å². The van der Waals surface area contributed by atoms with E-state index in [1.807, 2.05) is 13.8 Å². The molecule has 0 saturated heterocycles. The zero-order chi connectivity index (χ0) is 18.1. The van der Waals surface area contributed by atoms with Gasteiger partial charge in [-0.1, -0.05) is 38.8 Å². The Hall–Kier alpha value is -2.06. The third-order valence-corrected chi connectivity index (χ3v) is 3.47. The molecule has 24 heavy (non-hydrogen) atoms. The molecular formula is C16H23N3O4S. The van der Waals surface area contributed by atoms with Crippen LogP contribution in [0.2, 0.25) is 0 Å². The number of anilines is 1. The van der Waals surface area contributed by atoms with Crippen LogP contribution in [-0.2, 0) is 25.7 Å². The van der Waals surface area contributed by atoms with Crippen LogP contribution in [0, 0.1) is 5.92 Å². The average Bonchev–Trinajstić information content (AvgIpc) is 2.52. The Balaban J connectivity index is 2.45. The molecule has 0 aliphatic rings. The Morgan fingerprint density at radius 1 is 1.17 bits per heavy atom. The molecule has 1 atom stereocenters. The fraction of sp³-hybridized carbons (Fsp3) is 0.438. The molecule has 0 radical (unpaired) electrons. The lowest BCUT2D eigenvalue weighted by Crippen LogP contribution is -2.46. The van der Waals surface area contributed by atoms with E-state index in [9.17, 15) is 14.4 Å². The van der Waals surface area contributed by atoms with E-state index >= 15 is 0 Å². The van der Waals surface area contributed by atoms with Crippen molar-refractivity contribution in [1.82, 2.24) is 10.0 Å². The third-order valence-electron chi connectivity index (χ3n) is 3.19. The Morgan fingerprint density at radius 3 is 2.29 bits per heavy atom. The normalized spacial score (nSPS) is 11.7. The number of thiol groups is 1. The zero-order valence-corrected chi connectivity index (χ0v) is 14.9. The van der Waals surface area contributed by atoms with Crippen LogP contribution >= 0.6 is 12.8 Å². The molecule has 3 N–H and O–H groups in total. The molecule has 1 aromatic carbocycles. The summed E-state index contributed by atoms with van der Waals surface area (Å²) < 4.78 is 7.50. The van der Waals surface area contributed by atoms with Crippen molar-refractivity contribution in [3.8, 4) is 0 Å². The van der Waals surface area contributed by atoms with Gasteiger partial charge in [-0.2, -0.15) is 0 Å². The van der Waals surface area contributed by atoms with Gasteiger partial charge >= 0.3 is 5.97 Å². The van der Waals surface area contributed by atoms with Crippen molar-refractivity contribution in [2.24, 2.45) is 5.92 Å². The monoisotopic (exact) mass is 353 g/mol. The standard InChI is InChI=1S/C16H23N3O4S/c1-10(2)15(19-24)16(22)17-8-14(21)18-13-6-4-12(5-7-13)9-23-11(3)20/h4-7,10,15,19,24H,8-9H2,1-3H3,(H,17,22)(H,18,21). The van der Waals surface area contributed by atoms with Gasteiger partial charge in [-0.05, 0) is 23.6 Å². The second kappa shape index (κ2) is 9.94. The topological polar surface area (TPSA) is 96.5 Å². The molecule has 0 spiro atoms. The summed E-state index contributed by atoms with van der Waals surface area (Å²) in [6.45, 7) is 5.16. The van der Waals surface area contributed by atoms with Crippen molar-refractivity contribution >= 4 is 36.3 Å². The number of benzene rings is 1. The summed E-state index contributed by atoms with van der Waals surface area (Å²) in [5.74, 6) is -0.918. The molecule has 0 fully saturated rings. The number of carbonyl (C=O) groups is 3. The predicted octanol–water partition coefficient (Wildman–Crippen LogP) is 1.26. The summed E-state index contributed by atoms with van der Waals surface area (Å²) >= 11 is 3.92. The maximum atomic E-state index is 11.9. The van der Waals surface area contributed by atoms with E-state index in [1.165, 1.54) is 6.92 Å². The Morgan fingerprint density at radius 2 is 1.79 bits per heavy atom. The fourth-order valence-electron chi connectivity index (χ4n) is 1.86. The summed E-state index contributed by atoms with van der Waals surface area (Å²) in [7, 11) is 0. The van der Waals surface area contributed by atoms with Crippen LogP contribution in [0.4, 0.5) is 5.69 Å². The Kier molecular flexibility index (Phi) is 8.28. The summed E-state index contributed by atoms with van der Waals surface area (Å²) in [6, 6.07) is 6.42. The van der Waals surface area contributed by atoms with Crippen LogP contribution < -0.4 is 15.4 Å². The number of hydrogen-bond donors (Lipinski definition) is 4. The van der Waals surface area contributed by atoms with Crippen LogP contribution in [-0.4, -0.2) is 30.4 Å². The predicted molar refractivity (Wildman–Crippen MR) is 94.3 cm³/mol. The van der Waals surface area contributed by atoms with E-state index in [1.54, 1.807) is 24.3 Å². The number of carbonyl (C=O) groups excluding carboxylic acids is 3. The van der Waals surface area contributed by atoms with Gasteiger partial charge in [-0.25, -0.2) is 0 Å². The molecule has 1 rings (SSSR count). The first kappa shape index (κ1) is 20.0. The zero-order valence-electron chi connectivity index (χ0n) is 14.0.